The van der Waals surface area contributed by atoms with Crippen molar-refractivity contribution in [1.29, 1.82) is 0 Å². The molecule has 0 spiro atoms. The van der Waals surface area contributed by atoms with E-state index < -0.39 is 47.6 Å². The number of alkyl halides is 10. The van der Waals surface area contributed by atoms with E-state index in [0.29, 0.717) is 0 Å². The molecule has 11 heteroatoms. The summed E-state index contributed by atoms with van der Waals surface area (Å²) in [6, 6.07) is 0. The highest BCUT2D eigenvalue weighted by molar-refractivity contribution is 9.10. The predicted octanol–water partition coefficient (Wildman–Crippen LogP) is 5.03. The third kappa shape index (κ3) is 6.11. The van der Waals surface area contributed by atoms with Crippen LogP contribution in [0.3, 0.4) is 0 Å². The van der Waals surface area contributed by atoms with Gasteiger partial charge in [-0.1, -0.05) is 0 Å². The molecule has 0 fully saturated rings. The van der Waals surface area contributed by atoms with Gasteiger partial charge in [-0.2, -0.15) is 35.1 Å². The van der Waals surface area contributed by atoms with Crippen molar-refractivity contribution in [3.8, 4) is 0 Å². The van der Waals surface area contributed by atoms with E-state index in [1.807, 2.05) is 0 Å². The maximum atomic E-state index is 12.6. The minimum absolute atomic E-state index is 0.974. The molecule has 0 N–H and O–H groups in total. The Hall–Kier alpha value is 0.360. The van der Waals surface area contributed by atoms with Crippen molar-refractivity contribution in [2.45, 2.75) is 34.4 Å². The fourth-order valence-electron chi connectivity index (χ4n) is 0.786. The molecular formula is C8H8Br2F8O. The van der Waals surface area contributed by atoms with Gasteiger partial charge in [-0.15, -0.1) is 0 Å². The quantitative estimate of drug-likeness (QED) is 0.297. The third-order valence-corrected chi connectivity index (χ3v) is 3.11. The van der Waals surface area contributed by atoms with Crippen LogP contribution in [0.15, 0.2) is 0 Å². The van der Waals surface area contributed by atoms with Crippen LogP contribution in [0.1, 0.15) is 12.8 Å². The molecule has 0 aromatic heterocycles. The summed E-state index contributed by atoms with van der Waals surface area (Å²) in [7, 11) is 0. The second-order valence-corrected chi connectivity index (χ2v) is 5.51. The Morgan fingerprint density at radius 1 is 0.632 bits per heavy atom. The molecule has 0 atom stereocenters. The Labute approximate surface area is 119 Å². The second-order valence-electron chi connectivity index (χ2n) is 3.52. The summed E-state index contributed by atoms with van der Waals surface area (Å²) in [5.41, 5.74) is 0. The van der Waals surface area contributed by atoms with Crippen molar-refractivity contribution in [3.05, 3.63) is 0 Å². The fourth-order valence-corrected chi connectivity index (χ4v) is 1.18. The van der Waals surface area contributed by atoms with E-state index in [-0.39, 0.29) is 0 Å². The summed E-state index contributed by atoms with van der Waals surface area (Å²) < 4.78 is 104. The lowest BCUT2D eigenvalue weighted by atomic mass is 10.2. The zero-order chi connectivity index (χ0) is 15.5. The van der Waals surface area contributed by atoms with Gasteiger partial charge in [0.1, 0.15) is 0 Å². The lowest BCUT2D eigenvalue weighted by Crippen LogP contribution is -2.37. The fraction of sp³-hybridized carbons (Fsp3) is 1.00. The minimum Gasteiger partial charge on any atom is -0.381 e. The lowest BCUT2D eigenvalue weighted by molar-refractivity contribution is -0.169. The van der Waals surface area contributed by atoms with Crippen molar-refractivity contribution in [1.82, 2.24) is 0 Å². The summed E-state index contributed by atoms with van der Waals surface area (Å²) in [5, 5.41) is 0. The third-order valence-electron chi connectivity index (χ3n) is 1.95. The molecule has 0 heterocycles. The Kier molecular flexibility index (Phi) is 6.54. The highest BCUT2D eigenvalue weighted by Gasteiger charge is 2.54. The first-order chi connectivity index (χ1) is 8.21. The first kappa shape index (κ1) is 19.4. The molecule has 116 valence electrons. The molecular weight excluding hydrogens is 424 g/mol. The highest BCUT2D eigenvalue weighted by Crippen LogP contribution is 2.42. The van der Waals surface area contributed by atoms with Crippen LogP contribution in [0.5, 0.6) is 0 Å². The average Bonchev–Trinajstić information content (AvgIpc) is 2.12. The smallest absolute Gasteiger partial charge is 0.363 e. The summed E-state index contributed by atoms with van der Waals surface area (Å²) in [5.74, 6) is -8.87. The van der Waals surface area contributed by atoms with E-state index >= 15 is 0 Å². The number of rotatable bonds is 8. The van der Waals surface area contributed by atoms with E-state index in [1.165, 1.54) is 31.9 Å². The largest absolute Gasteiger partial charge is 0.381 e. The van der Waals surface area contributed by atoms with E-state index in [4.69, 9.17) is 0 Å². The van der Waals surface area contributed by atoms with Crippen LogP contribution in [-0.4, -0.2) is 34.7 Å². The monoisotopic (exact) mass is 430 g/mol. The summed E-state index contributed by atoms with van der Waals surface area (Å²) in [6.07, 6.45) is -2.89. The van der Waals surface area contributed by atoms with Gasteiger partial charge in [-0.3, -0.25) is 0 Å². The summed E-state index contributed by atoms with van der Waals surface area (Å²) >= 11 is 2.93. The van der Waals surface area contributed by atoms with Crippen molar-refractivity contribution >= 4 is 31.9 Å². The van der Waals surface area contributed by atoms with Crippen molar-refractivity contribution in [2.24, 2.45) is 0 Å². The van der Waals surface area contributed by atoms with Crippen LogP contribution in [0.25, 0.3) is 0 Å². The van der Waals surface area contributed by atoms with E-state index in [0.717, 1.165) is 0 Å². The Morgan fingerprint density at radius 3 is 1.11 bits per heavy atom. The van der Waals surface area contributed by atoms with Gasteiger partial charge in [0, 0.05) is 12.8 Å². The van der Waals surface area contributed by atoms with Gasteiger partial charge in [0.25, 0.3) is 0 Å². The van der Waals surface area contributed by atoms with E-state index in [2.05, 4.69) is 4.74 Å². The minimum atomic E-state index is -4.46. The van der Waals surface area contributed by atoms with Crippen LogP contribution in [-0.2, 0) is 4.74 Å². The topological polar surface area (TPSA) is 9.23 Å². The van der Waals surface area contributed by atoms with Crippen LogP contribution in [0.2, 0.25) is 0 Å². The molecule has 0 aliphatic heterocycles. The molecule has 0 saturated carbocycles. The normalized spacial score (nSPS) is 14.8. The van der Waals surface area contributed by atoms with E-state index in [1.54, 1.807) is 0 Å². The Morgan fingerprint density at radius 2 is 0.895 bits per heavy atom. The van der Waals surface area contributed by atoms with Gasteiger partial charge in [0.05, 0.1) is 13.2 Å². The average molecular weight is 432 g/mol. The molecule has 0 aliphatic carbocycles. The molecule has 0 saturated heterocycles. The molecule has 0 rings (SSSR count). The summed E-state index contributed by atoms with van der Waals surface area (Å²) in [6.45, 7) is -1.95. The van der Waals surface area contributed by atoms with Gasteiger partial charge in [0.15, 0.2) is 0 Å². The van der Waals surface area contributed by atoms with Crippen LogP contribution in [0.4, 0.5) is 35.1 Å². The Balaban J connectivity index is 4.03. The molecule has 0 bridgehead atoms. The standard InChI is InChI=1S/C8H8Br2F8O/c9-7(15,16)5(11,12)1-3-19-4-2-6(13,14)8(10,17)18/h1-4H2. The van der Waals surface area contributed by atoms with Crippen LogP contribution in [0, 0.1) is 0 Å². The maximum absolute atomic E-state index is 12.6. The van der Waals surface area contributed by atoms with E-state index in [9.17, 15) is 35.1 Å². The molecule has 1 nitrogen and oxygen atoms in total. The van der Waals surface area contributed by atoms with Crippen molar-refractivity contribution in [2.75, 3.05) is 13.2 Å². The molecule has 19 heavy (non-hydrogen) atoms. The van der Waals surface area contributed by atoms with Crippen molar-refractivity contribution in [3.63, 3.8) is 0 Å². The van der Waals surface area contributed by atoms with Crippen molar-refractivity contribution < 1.29 is 39.9 Å². The van der Waals surface area contributed by atoms with Gasteiger partial charge >= 0.3 is 21.5 Å². The second kappa shape index (κ2) is 6.42. The molecule has 0 aliphatic rings. The number of ether oxygens (including phenoxy) is 1. The molecule has 0 aromatic carbocycles. The Bertz CT molecular complexity index is 257. The van der Waals surface area contributed by atoms with Gasteiger partial charge in [-0.05, 0) is 31.9 Å². The zero-order valence-electron chi connectivity index (χ0n) is 9.02. The number of hydrogen-bond donors (Lipinski definition) is 0. The van der Waals surface area contributed by atoms with Gasteiger partial charge in [-0.25, -0.2) is 0 Å². The molecule has 0 aromatic rings. The van der Waals surface area contributed by atoms with Crippen LogP contribution < -0.4 is 0 Å². The van der Waals surface area contributed by atoms with Crippen LogP contribution >= 0.6 is 31.9 Å². The molecule has 0 radical (unpaired) electrons. The molecule has 0 unspecified atom stereocenters. The predicted molar refractivity (Wildman–Crippen MR) is 57.7 cm³/mol. The highest BCUT2D eigenvalue weighted by atomic mass is 79.9. The van der Waals surface area contributed by atoms with Gasteiger partial charge in [0.2, 0.25) is 0 Å². The first-order valence-corrected chi connectivity index (χ1v) is 6.26. The number of halogens is 10. The first-order valence-electron chi connectivity index (χ1n) is 4.67. The summed E-state index contributed by atoms with van der Waals surface area (Å²) in [4.78, 5) is -8.92. The number of hydrogen-bond acceptors (Lipinski definition) is 1. The zero-order valence-corrected chi connectivity index (χ0v) is 12.2. The maximum Gasteiger partial charge on any atom is 0.363 e. The molecule has 0 amide bonds. The van der Waals surface area contributed by atoms with Gasteiger partial charge < -0.3 is 4.74 Å². The SMILES string of the molecule is FC(F)(Br)C(F)(F)CCOCCC(F)(F)C(F)(F)Br. The lowest BCUT2D eigenvalue weighted by Gasteiger charge is -2.22.